The lowest BCUT2D eigenvalue weighted by Gasteiger charge is -2.14. The van der Waals surface area contributed by atoms with Crippen molar-refractivity contribution in [3.63, 3.8) is 0 Å². The van der Waals surface area contributed by atoms with Gasteiger partial charge in [0.05, 0.1) is 17.9 Å². The van der Waals surface area contributed by atoms with Crippen molar-refractivity contribution in [2.24, 2.45) is 0 Å². The summed E-state index contributed by atoms with van der Waals surface area (Å²) in [6.45, 7) is 3.17. The van der Waals surface area contributed by atoms with Crippen LogP contribution in [0.25, 0.3) is 0 Å². The van der Waals surface area contributed by atoms with Gasteiger partial charge in [-0.15, -0.1) is 0 Å². The highest BCUT2D eigenvalue weighted by atomic mass is 19.3. The first-order chi connectivity index (χ1) is 7.49. The number of nitrogen functional groups attached to an aromatic ring is 1. The minimum absolute atomic E-state index is 0.0489. The summed E-state index contributed by atoms with van der Waals surface area (Å²) in [5, 5.41) is 0. The number of hydrogen-bond acceptors (Lipinski definition) is 3. The van der Waals surface area contributed by atoms with Crippen LogP contribution in [-0.4, -0.2) is 12.4 Å². The zero-order valence-corrected chi connectivity index (χ0v) is 9.09. The van der Waals surface area contributed by atoms with Gasteiger partial charge in [-0.05, 0) is 19.9 Å². The van der Waals surface area contributed by atoms with Crippen molar-refractivity contribution in [2.75, 3.05) is 12.3 Å². The Hall–Kier alpha value is -1.65. The standard InChI is InChI=1S/C11H13F2NO2/c1-3-16-10-8(14)5-4-7(11(12)13)9(10)6(2)15/h4-5,11H,3,14H2,1-2H3. The molecule has 5 heteroatoms. The van der Waals surface area contributed by atoms with Gasteiger partial charge in [0, 0.05) is 5.56 Å². The summed E-state index contributed by atoms with van der Waals surface area (Å²) in [6, 6.07) is 2.47. The van der Waals surface area contributed by atoms with Crippen LogP contribution in [0.4, 0.5) is 14.5 Å². The molecule has 0 radical (unpaired) electrons. The molecule has 0 heterocycles. The van der Waals surface area contributed by atoms with Crippen LogP contribution in [0.15, 0.2) is 12.1 Å². The fraction of sp³-hybridized carbons (Fsp3) is 0.364. The van der Waals surface area contributed by atoms with Gasteiger partial charge in [-0.1, -0.05) is 6.07 Å². The van der Waals surface area contributed by atoms with E-state index in [0.717, 1.165) is 6.07 Å². The molecule has 0 aliphatic carbocycles. The van der Waals surface area contributed by atoms with E-state index in [2.05, 4.69) is 0 Å². The number of hydrogen-bond donors (Lipinski definition) is 1. The lowest BCUT2D eigenvalue weighted by Crippen LogP contribution is -2.08. The Morgan fingerprint density at radius 3 is 2.56 bits per heavy atom. The minimum Gasteiger partial charge on any atom is -0.491 e. The molecule has 3 nitrogen and oxygen atoms in total. The molecule has 0 aliphatic rings. The third-order valence-corrected chi connectivity index (χ3v) is 2.10. The highest BCUT2D eigenvalue weighted by Crippen LogP contribution is 2.34. The van der Waals surface area contributed by atoms with Gasteiger partial charge < -0.3 is 10.5 Å². The Labute approximate surface area is 92.2 Å². The zero-order chi connectivity index (χ0) is 12.3. The number of carbonyl (C=O) groups is 1. The molecular formula is C11H13F2NO2. The molecule has 0 amide bonds. The van der Waals surface area contributed by atoms with Crippen molar-refractivity contribution in [1.29, 1.82) is 0 Å². The molecule has 16 heavy (non-hydrogen) atoms. The van der Waals surface area contributed by atoms with Crippen LogP contribution < -0.4 is 10.5 Å². The van der Waals surface area contributed by atoms with Crippen LogP contribution in [0, 0.1) is 0 Å². The maximum absolute atomic E-state index is 12.7. The fourth-order valence-corrected chi connectivity index (χ4v) is 1.46. The van der Waals surface area contributed by atoms with E-state index in [-0.39, 0.29) is 29.2 Å². The van der Waals surface area contributed by atoms with E-state index >= 15 is 0 Å². The Balaban J connectivity index is 3.43. The maximum Gasteiger partial charge on any atom is 0.264 e. The Bertz CT molecular complexity index is 405. The van der Waals surface area contributed by atoms with Crippen LogP contribution in [0.3, 0.4) is 0 Å². The lowest BCUT2D eigenvalue weighted by atomic mass is 10.0. The normalized spacial score (nSPS) is 10.6. The molecule has 1 aromatic carbocycles. The number of benzene rings is 1. The van der Waals surface area contributed by atoms with Crippen molar-refractivity contribution in [3.8, 4) is 5.75 Å². The van der Waals surface area contributed by atoms with Crippen molar-refractivity contribution in [3.05, 3.63) is 23.3 Å². The van der Waals surface area contributed by atoms with E-state index in [1.807, 2.05) is 0 Å². The van der Waals surface area contributed by atoms with E-state index in [9.17, 15) is 13.6 Å². The smallest absolute Gasteiger partial charge is 0.264 e. The van der Waals surface area contributed by atoms with Crippen LogP contribution in [-0.2, 0) is 0 Å². The second-order valence-electron chi connectivity index (χ2n) is 3.24. The van der Waals surface area contributed by atoms with E-state index in [1.54, 1.807) is 6.92 Å². The fourth-order valence-electron chi connectivity index (χ4n) is 1.46. The van der Waals surface area contributed by atoms with Crippen molar-refractivity contribution < 1.29 is 18.3 Å². The van der Waals surface area contributed by atoms with Crippen molar-refractivity contribution in [1.82, 2.24) is 0 Å². The molecule has 88 valence electrons. The predicted octanol–water partition coefficient (Wildman–Crippen LogP) is 2.81. The zero-order valence-electron chi connectivity index (χ0n) is 9.09. The molecule has 1 aromatic rings. The van der Waals surface area contributed by atoms with Crippen molar-refractivity contribution in [2.45, 2.75) is 20.3 Å². The number of Topliss-reactive ketones (excluding diaryl/α,β-unsaturated/α-hetero) is 1. The minimum atomic E-state index is -2.72. The number of alkyl halides is 2. The molecule has 0 saturated heterocycles. The van der Waals surface area contributed by atoms with Crippen molar-refractivity contribution >= 4 is 11.5 Å². The molecule has 0 fully saturated rings. The number of nitrogens with two attached hydrogens (primary N) is 1. The van der Waals surface area contributed by atoms with Gasteiger partial charge in [0.2, 0.25) is 0 Å². The largest absolute Gasteiger partial charge is 0.491 e. The van der Waals surface area contributed by atoms with E-state index in [1.165, 1.54) is 13.0 Å². The second-order valence-corrected chi connectivity index (χ2v) is 3.24. The van der Waals surface area contributed by atoms with Crippen LogP contribution in [0.2, 0.25) is 0 Å². The monoisotopic (exact) mass is 229 g/mol. The van der Waals surface area contributed by atoms with E-state index < -0.39 is 12.2 Å². The average Bonchev–Trinajstić information content (AvgIpc) is 2.20. The summed E-state index contributed by atoms with van der Waals surface area (Å²) in [7, 11) is 0. The molecule has 1 rings (SSSR count). The third-order valence-electron chi connectivity index (χ3n) is 2.10. The Kier molecular flexibility index (Phi) is 3.82. The van der Waals surface area contributed by atoms with Gasteiger partial charge in [-0.25, -0.2) is 8.78 Å². The first kappa shape index (κ1) is 12.4. The SMILES string of the molecule is CCOc1c(N)ccc(C(F)F)c1C(C)=O. The van der Waals surface area contributed by atoms with Gasteiger partial charge in [-0.2, -0.15) is 0 Å². The summed E-state index contributed by atoms with van der Waals surface area (Å²) in [5.41, 5.74) is 5.31. The average molecular weight is 229 g/mol. The number of ether oxygens (including phenoxy) is 1. The van der Waals surface area contributed by atoms with Crippen LogP contribution in [0.5, 0.6) is 5.75 Å². The van der Waals surface area contributed by atoms with E-state index in [0.29, 0.717) is 0 Å². The number of ketones is 1. The van der Waals surface area contributed by atoms with Gasteiger partial charge in [0.1, 0.15) is 0 Å². The molecule has 0 aromatic heterocycles. The molecule has 0 aliphatic heterocycles. The highest BCUT2D eigenvalue weighted by Gasteiger charge is 2.22. The van der Waals surface area contributed by atoms with Gasteiger partial charge in [0.25, 0.3) is 6.43 Å². The number of halogens is 2. The van der Waals surface area contributed by atoms with Gasteiger partial charge >= 0.3 is 0 Å². The van der Waals surface area contributed by atoms with Gasteiger partial charge in [0.15, 0.2) is 11.5 Å². The maximum atomic E-state index is 12.7. The summed E-state index contributed by atoms with van der Waals surface area (Å²) in [6.07, 6.45) is -2.72. The van der Waals surface area contributed by atoms with Crippen LogP contribution >= 0.6 is 0 Å². The number of rotatable bonds is 4. The number of carbonyl (C=O) groups excluding carboxylic acids is 1. The predicted molar refractivity (Wildman–Crippen MR) is 57.0 cm³/mol. The first-order valence-electron chi connectivity index (χ1n) is 4.83. The molecule has 2 N–H and O–H groups in total. The van der Waals surface area contributed by atoms with E-state index in [4.69, 9.17) is 10.5 Å². The summed E-state index contributed by atoms with van der Waals surface area (Å²) in [4.78, 5) is 11.3. The quantitative estimate of drug-likeness (QED) is 0.638. The molecule has 0 atom stereocenters. The summed E-state index contributed by atoms with van der Waals surface area (Å²) in [5.74, 6) is -0.432. The first-order valence-corrected chi connectivity index (χ1v) is 4.83. The van der Waals surface area contributed by atoms with Crippen LogP contribution in [0.1, 0.15) is 36.2 Å². The second kappa shape index (κ2) is 4.92. The summed E-state index contributed by atoms with van der Waals surface area (Å²) < 4.78 is 30.5. The Morgan fingerprint density at radius 1 is 1.50 bits per heavy atom. The third kappa shape index (κ3) is 2.29. The molecule has 0 bridgehead atoms. The lowest BCUT2D eigenvalue weighted by molar-refractivity contribution is 0.0994. The molecule has 0 unspecified atom stereocenters. The number of anilines is 1. The van der Waals surface area contributed by atoms with Gasteiger partial charge in [-0.3, -0.25) is 4.79 Å². The molecule has 0 spiro atoms. The molecule has 0 saturated carbocycles. The summed E-state index contributed by atoms with van der Waals surface area (Å²) >= 11 is 0. The highest BCUT2D eigenvalue weighted by molar-refractivity contribution is 6.00. The topological polar surface area (TPSA) is 52.3 Å². The molecular weight excluding hydrogens is 216 g/mol. The Morgan fingerprint density at radius 2 is 2.12 bits per heavy atom.